The average molecular weight is 372 g/mol. The standard InChI is InChI=1S/C20H18ClNO4/c1-2-24-16-8-6-15(7-9-16)22-20(23)19-11-10-18(26-19)13-25-17-5-3-4-14(21)12-17/h3-12H,2,13H2,1H3,(H,22,23). The Labute approximate surface area is 156 Å². The lowest BCUT2D eigenvalue weighted by atomic mass is 10.3. The molecule has 1 N–H and O–H groups in total. The normalized spacial score (nSPS) is 10.4. The molecule has 0 aliphatic heterocycles. The average Bonchev–Trinajstić information content (AvgIpc) is 3.11. The molecule has 1 aromatic heterocycles. The van der Waals surface area contributed by atoms with Gasteiger partial charge in [-0.05, 0) is 61.5 Å². The van der Waals surface area contributed by atoms with Crippen molar-refractivity contribution in [1.82, 2.24) is 0 Å². The van der Waals surface area contributed by atoms with Crippen molar-refractivity contribution in [1.29, 1.82) is 0 Å². The monoisotopic (exact) mass is 371 g/mol. The van der Waals surface area contributed by atoms with Crippen molar-refractivity contribution in [2.75, 3.05) is 11.9 Å². The van der Waals surface area contributed by atoms with Gasteiger partial charge in [-0.1, -0.05) is 17.7 Å². The molecule has 26 heavy (non-hydrogen) atoms. The Morgan fingerprint density at radius 3 is 2.58 bits per heavy atom. The summed E-state index contributed by atoms with van der Waals surface area (Å²) in [6.45, 7) is 2.72. The molecule has 3 rings (SSSR count). The van der Waals surface area contributed by atoms with Gasteiger partial charge in [-0.15, -0.1) is 0 Å². The fourth-order valence-corrected chi connectivity index (χ4v) is 2.46. The second-order valence-corrected chi connectivity index (χ2v) is 5.86. The van der Waals surface area contributed by atoms with Gasteiger partial charge in [0.1, 0.15) is 23.9 Å². The summed E-state index contributed by atoms with van der Waals surface area (Å²) < 4.78 is 16.5. The number of carbonyl (C=O) groups excluding carboxylic acids is 1. The third-order valence-corrected chi connectivity index (χ3v) is 3.72. The van der Waals surface area contributed by atoms with Gasteiger partial charge in [0.2, 0.25) is 0 Å². The van der Waals surface area contributed by atoms with E-state index in [0.717, 1.165) is 5.75 Å². The zero-order chi connectivity index (χ0) is 18.4. The molecule has 0 fully saturated rings. The summed E-state index contributed by atoms with van der Waals surface area (Å²) in [5.41, 5.74) is 0.659. The van der Waals surface area contributed by atoms with Crippen LogP contribution in [0, 0.1) is 0 Å². The number of anilines is 1. The van der Waals surface area contributed by atoms with E-state index in [2.05, 4.69) is 5.32 Å². The van der Waals surface area contributed by atoms with E-state index in [1.807, 2.05) is 6.92 Å². The molecule has 3 aromatic rings. The number of hydrogen-bond donors (Lipinski definition) is 1. The molecule has 1 amide bonds. The number of amides is 1. The van der Waals surface area contributed by atoms with Gasteiger partial charge >= 0.3 is 0 Å². The van der Waals surface area contributed by atoms with Gasteiger partial charge < -0.3 is 19.2 Å². The Hall–Kier alpha value is -2.92. The van der Waals surface area contributed by atoms with Crippen LogP contribution < -0.4 is 14.8 Å². The first kappa shape index (κ1) is 17.9. The van der Waals surface area contributed by atoms with Crippen LogP contribution in [-0.4, -0.2) is 12.5 Å². The molecular weight excluding hydrogens is 354 g/mol. The predicted octanol–water partition coefficient (Wildman–Crippen LogP) is 5.16. The third-order valence-electron chi connectivity index (χ3n) is 3.49. The second-order valence-electron chi connectivity index (χ2n) is 5.42. The van der Waals surface area contributed by atoms with Gasteiger partial charge in [0.05, 0.1) is 6.61 Å². The number of halogens is 1. The van der Waals surface area contributed by atoms with Gasteiger partial charge in [0.25, 0.3) is 5.91 Å². The number of furan rings is 1. The summed E-state index contributed by atoms with van der Waals surface area (Å²) in [5, 5.41) is 3.37. The molecule has 0 unspecified atom stereocenters. The second kappa shape index (κ2) is 8.45. The van der Waals surface area contributed by atoms with Crippen LogP contribution in [0.1, 0.15) is 23.2 Å². The number of benzene rings is 2. The van der Waals surface area contributed by atoms with Crippen molar-refractivity contribution in [3.63, 3.8) is 0 Å². The van der Waals surface area contributed by atoms with Gasteiger partial charge in [-0.2, -0.15) is 0 Å². The molecule has 0 atom stereocenters. The summed E-state index contributed by atoms with van der Waals surface area (Å²) in [7, 11) is 0. The van der Waals surface area contributed by atoms with Gasteiger partial charge in [-0.3, -0.25) is 4.79 Å². The molecule has 0 bridgehead atoms. The van der Waals surface area contributed by atoms with Crippen LogP contribution in [0.3, 0.4) is 0 Å². The van der Waals surface area contributed by atoms with E-state index in [4.69, 9.17) is 25.5 Å². The van der Waals surface area contributed by atoms with Crippen molar-refractivity contribution < 1.29 is 18.7 Å². The van der Waals surface area contributed by atoms with Crippen molar-refractivity contribution in [2.24, 2.45) is 0 Å². The van der Waals surface area contributed by atoms with Crippen LogP contribution in [-0.2, 0) is 6.61 Å². The topological polar surface area (TPSA) is 60.7 Å². The van der Waals surface area contributed by atoms with Gasteiger partial charge in [0.15, 0.2) is 5.76 Å². The summed E-state index contributed by atoms with van der Waals surface area (Å²) in [6, 6.07) is 17.5. The maximum Gasteiger partial charge on any atom is 0.291 e. The molecule has 5 nitrogen and oxygen atoms in total. The van der Waals surface area contributed by atoms with E-state index in [1.54, 1.807) is 60.7 Å². The van der Waals surface area contributed by atoms with Crippen LogP contribution in [0.4, 0.5) is 5.69 Å². The fourth-order valence-electron chi connectivity index (χ4n) is 2.28. The molecule has 134 valence electrons. The SMILES string of the molecule is CCOc1ccc(NC(=O)c2ccc(COc3cccc(Cl)c3)o2)cc1. The van der Waals surface area contributed by atoms with E-state index in [-0.39, 0.29) is 18.3 Å². The van der Waals surface area contributed by atoms with E-state index in [0.29, 0.717) is 28.8 Å². The lowest BCUT2D eigenvalue weighted by Gasteiger charge is -2.06. The van der Waals surface area contributed by atoms with Crippen LogP contribution >= 0.6 is 11.6 Å². The Bertz CT molecular complexity index is 874. The number of ether oxygens (including phenoxy) is 2. The molecule has 2 aromatic carbocycles. The number of rotatable bonds is 7. The van der Waals surface area contributed by atoms with Gasteiger partial charge in [-0.25, -0.2) is 0 Å². The minimum atomic E-state index is -0.330. The molecule has 0 spiro atoms. The van der Waals surface area contributed by atoms with Crippen LogP contribution in [0.25, 0.3) is 0 Å². The highest BCUT2D eigenvalue weighted by Gasteiger charge is 2.12. The summed E-state index contributed by atoms with van der Waals surface area (Å²) in [5.74, 6) is 1.81. The van der Waals surface area contributed by atoms with E-state index in [9.17, 15) is 4.79 Å². The molecule has 1 heterocycles. The van der Waals surface area contributed by atoms with Crippen molar-refractivity contribution in [3.05, 3.63) is 77.2 Å². The largest absolute Gasteiger partial charge is 0.494 e. The molecule has 0 saturated heterocycles. The smallest absolute Gasteiger partial charge is 0.291 e. The number of hydrogen-bond acceptors (Lipinski definition) is 4. The minimum Gasteiger partial charge on any atom is -0.494 e. The van der Waals surface area contributed by atoms with Crippen molar-refractivity contribution in [3.8, 4) is 11.5 Å². The highest BCUT2D eigenvalue weighted by molar-refractivity contribution is 6.30. The molecular formula is C20H18ClNO4. The molecule has 0 aliphatic carbocycles. The highest BCUT2D eigenvalue weighted by atomic mass is 35.5. The molecule has 0 saturated carbocycles. The maximum atomic E-state index is 12.3. The van der Waals surface area contributed by atoms with Crippen molar-refractivity contribution >= 4 is 23.2 Å². The first-order valence-corrected chi connectivity index (χ1v) is 8.53. The van der Waals surface area contributed by atoms with Crippen LogP contribution in [0.15, 0.2) is 65.1 Å². The Morgan fingerprint density at radius 2 is 1.85 bits per heavy atom. The quantitative estimate of drug-likeness (QED) is 0.623. The maximum absolute atomic E-state index is 12.3. The Morgan fingerprint density at radius 1 is 1.04 bits per heavy atom. The lowest BCUT2D eigenvalue weighted by molar-refractivity contribution is 0.0992. The molecule has 0 aliphatic rings. The number of carbonyl (C=O) groups is 1. The van der Waals surface area contributed by atoms with Crippen molar-refractivity contribution in [2.45, 2.75) is 13.5 Å². The highest BCUT2D eigenvalue weighted by Crippen LogP contribution is 2.20. The van der Waals surface area contributed by atoms with Crippen LogP contribution in [0.5, 0.6) is 11.5 Å². The van der Waals surface area contributed by atoms with Crippen LogP contribution in [0.2, 0.25) is 5.02 Å². The zero-order valence-corrected chi connectivity index (χ0v) is 15.0. The Balaban J connectivity index is 1.57. The minimum absolute atomic E-state index is 0.205. The summed E-state index contributed by atoms with van der Waals surface area (Å²) >= 11 is 5.91. The first-order valence-electron chi connectivity index (χ1n) is 8.15. The third kappa shape index (κ3) is 4.80. The lowest BCUT2D eigenvalue weighted by Crippen LogP contribution is -2.10. The predicted molar refractivity (Wildman–Crippen MR) is 100 cm³/mol. The molecule has 6 heteroatoms. The van der Waals surface area contributed by atoms with E-state index in [1.165, 1.54) is 0 Å². The fraction of sp³-hybridized carbons (Fsp3) is 0.150. The zero-order valence-electron chi connectivity index (χ0n) is 14.2. The van der Waals surface area contributed by atoms with Gasteiger partial charge in [0, 0.05) is 10.7 Å². The summed E-state index contributed by atoms with van der Waals surface area (Å²) in [4.78, 5) is 12.3. The van der Waals surface area contributed by atoms with E-state index >= 15 is 0 Å². The first-order chi connectivity index (χ1) is 12.6. The Kier molecular flexibility index (Phi) is 5.81. The summed E-state index contributed by atoms with van der Waals surface area (Å²) in [6.07, 6.45) is 0. The molecule has 0 radical (unpaired) electrons. The number of nitrogens with one attached hydrogen (secondary N) is 1. The van der Waals surface area contributed by atoms with E-state index < -0.39 is 0 Å².